The molecule has 0 spiro atoms. The second-order valence-corrected chi connectivity index (χ2v) is 6.50. The van der Waals surface area contributed by atoms with Gasteiger partial charge in [0, 0.05) is 26.2 Å². The normalized spacial score (nSPS) is 15.0. The van der Waals surface area contributed by atoms with Crippen molar-refractivity contribution in [2.45, 2.75) is 25.9 Å². The zero-order valence-electron chi connectivity index (χ0n) is 15.0. The molecule has 0 radical (unpaired) electrons. The number of benzene rings is 1. The van der Waals surface area contributed by atoms with Gasteiger partial charge in [0.25, 0.3) is 5.91 Å². The molecule has 0 atom stereocenters. The number of ether oxygens (including phenoxy) is 1. The average molecular weight is 361 g/mol. The molecule has 1 fully saturated rings. The molecule has 1 saturated heterocycles. The van der Waals surface area contributed by atoms with Gasteiger partial charge in [0.15, 0.2) is 12.3 Å². The molecule has 1 aromatic carbocycles. The van der Waals surface area contributed by atoms with Crippen LogP contribution in [-0.2, 0) is 6.61 Å². The number of nitrogens with zero attached hydrogens (tertiary/aromatic N) is 3. The number of carbonyl (C=O) groups excluding carboxylic acids is 1. The minimum atomic E-state index is -0.374. The highest BCUT2D eigenvalue weighted by Crippen LogP contribution is 2.14. The molecule has 0 N–H and O–H groups in total. The van der Waals surface area contributed by atoms with E-state index >= 15 is 0 Å². The lowest BCUT2D eigenvalue weighted by molar-refractivity contribution is 0.0767. The maximum Gasteiger partial charge on any atom is 0.275 e. The van der Waals surface area contributed by atoms with Gasteiger partial charge in [0.2, 0.25) is 5.89 Å². The van der Waals surface area contributed by atoms with E-state index in [1.807, 2.05) is 0 Å². The van der Waals surface area contributed by atoms with E-state index in [1.54, 1.807) is 24.1 Å². The van der Waals surface area contributed by atoms with E-state index in [0.717, 1.165) is 19.6 Å². The lowest BCUT2D eigenvalue weighted by Crippen LogP contribution is -2.38. The second kappa shape index (κ2) is 8.80. The Bertz CT molecular complexity index is 728. The number of oxazole rings is 1. The van der Waals surface area contributed by atoms with Crippen LogP contribution >= 0.6 is 0 Å². The Balaban J connectivity index is 1.48. The largest absolute Gasteiger partial charge is 0.484 e. The molecule has 0 unspecified atom stereocenters. The van der Waals surface area contributed by atoms with Crippen molar-refractivity contribution in [3.8, 4) is 5.75 Å². The van der Waals surface area contributed by atoms with Crippen molar-refractivity contribution < 1.29 is 18.3 Å². The molecule has 1 aliphatic rings. The number of amides is 1. The number of likely N-dealkylation sites (N-methyl/N-ethyl adjacent to an activating group) is 1. The Hall–Kier alpha value is -2.41. The van der Waals surface area contributed by atoms with Crippen LogP contribution in [0.2, 0.25) is 0 Å². The van der Waals surface area contributed by atoms with Crippen molar-refractivity contribution in [3.05, 3.63) is 47.9 Å². The molecule has 2 aromatic rings. The zero-order chi connectivity index (χ0) is 18.4. The van der Waals surface area contributed by atoms with Crippen LogP contribution in [0.25, 0.3) is 0 Å². The number of likely N-dealkylation sites (tertiary alicyclic amines) is 1. The standard InChI is InChI=1S/C19H24FN3O3/c1-22(10-11-23-8-3-2-4-9-23)19(24)17-13-26-18(21-17)14-25-16-7-5-6-15(20)12-16/h5-7,12-13H,2-4,8-11,14H2,1H3. The number of rotatable bonds is 7. The smallest absolute Gasteiger partial charge is 0.275 e. The van der Waals surface area contributed by atoms with Gasteiger partial charge in [-0.3, -0.25) is 4.79 Å². The molecule has 3 rings (SSSR count). The van der Waals surface area contributed by atoms with Crippen LogP contribution in [0, 0.1) is 5.82 Å². The SMILES string of the molecule is CN(CCN1CCCCC1)C(=O)c1coc(COc2cccc(F)c2)n1. The van der Waals surface area contributed by atoms with Crippen LogP contribution in [0.15, 0.2) is 34.9 Å². The highest BCUT2D eigenvalue weighted by molar-refractivity contribution is 5.91. The summed E-state index contributed by atoms with van der Waals surface area (Å²) in [5.74, 6) is 0.112. The molecule has 1 aromatic heterocycles. The second-order valence-electron chi connectivity index (χ2n) is 6.50. The zero-order valence-corrected chi connectivity index (χ0v) is 15.0. The third-order valence-electron chi connectivity index (χ3n) is 4.48. The van der Waals surface area contributed by atoms with E-state index in [2.05, 4.69) is 9.88 Å². The number of hydrogen-bond acceptors (Lipinski definition) is 5. The first-order chi connectivity index (χ1) is 12.6. The molecule has 7 heteroatoms. The highest BCUT2D eigenvalue weighted by atomic mass is 19.1. The maximum atomic E-state index is 13.1. The minimum Gasteiger partial charge on any atom is -0.484 e. The number of carbonyl (C=O) groups is 1. The molecule has 26 heavy (non-hydrogen) atoms. The summed E-state index contributed by atoms with van der Waals surface area (Å²) in [5, 5.41) is 0. The molecule has 6 nitrogen and oxygen atoms in total. The molecule has 0 saturated carbocycles. The van der Waals surface area contributed by atoms with Gasteiger partial charge in [0.1, 0.15) is 17.8 Å². The van der Waals surface area contributed by atoms with Crippen LogP contribution in [-0.4, -0.2) is 53.9 Å². The summed E-state index contributed by atoms with van der Waals surface area (Å²) in [6.45, 7) is 3.77. The van der Waals surface area contributed by atoms with Crippen molar-refractivity contribution in [2.24, 2.45) is 0 Å². The van der Waals surface area contributed by atoms with Gasteiger partial charge in [-0.25, -0.2) is 9.37 Å². The Morgan fingerprint density at radius 3 is 2.92 bits per heavy atom. The maximum absolute atomic E-state index is 13.1. The summed E-state index contributed by atoms with van der Waals surface area (Å²) >= 11 is 0. The molecule has 2 heterocycles. The molecule has 140 valence electrons. The fraction of sp³-hybridized carbons (Fsp3) is 0.474. The third-order valence-corrected chi connectivity index (χ3v) is 4.48. The van der Waals surface area contributed by atoms with Crippen molar-refractivity contribution in [1.82, 2.24) is 14.8 Å². The summed E-state index contributed by atoms with van der Waals surface area (Å²) in [6.07, 6.45) is 5.10. The van der Waals surface area contributed by atoms with Crippen molar-refractivity contribution in [3.63, 3.8) is 0 Å². The Labute approximate surface area is 152 Å². The van der Waals surface area contributed by atoms with Gasteiger partial charge in [0.05, 0.1) is 0 Å². The van der Waals surface area contributed by atoms with Crippen molar-refractivity contribution in [1.29, 1.82) is 0 Å². The number of halogens is 1. The van der Waals surface area contributed by atoms with Gasteiger partial charge in [-0.15, -0.1) is 0 Å². The lowest BCUT2D eigenvalue weighted by atomic mass is 10.1. The van der Waals surface area contributed by atoms with E-state index in [-0.39, 0.29) is 29.9 Å². The van der Waals surface area contributed by atoms with E-state index in [9.17, 15) is 9.18 Å². The molecular formula is C19H24FN3O3. The van der Waals surface area contributed by atoms with Crippen LogP contribution in [0.3, 0.4) is 0 Å². The quantitative estimate of drug-likeness (QED) is 0.759. The average Bonchev–Trinajstić information content (AvgIpc) is 3.14. The van der Waals surface area contributed by atoms with Crippen LogP contribution < -0.4 is 4.74 Å². The van der Waals surface area contributed by atoms with E-state index in [0.29, 0.717) is 12.3 Å². The van der Waals surface area contributed by atoms with Crippen LogP contribution in [0.4, 0.5) is 4.39 Å². The summed E-state index contributed by atoms with van der Waals surface area (Å²) in [7, 11) is 1.77. The Morgan fingerprint density at radius 2 is 2.15 bits per heavy atom. The molecule has 0 bridgehead atoms. The molecule has 1 amide bonds. The van der Waals surface area contributed by atoms with Gasteiger partial charge in [-0.1, -0.05) is 12.5 Å². The number of hydrogen-bond donors (Lipinski definition) is 0. The lowest BCUT2D eigenvalue weighted by Gasteiger charge is -2.28. The minimum absolute atomic E-state index is 0.0359. The van der Waals surface area contributed by atoms with Gasteiger partial charge in [-0.05, 0) is 38.1 Å². The fourth-order valence-electron chi connectivity index (χ4n) is 2.95. The number of piperidine rings is 1. The van der Waals surface area contributed by atoms with E-state index in [4.69, 9.17) is 9.15 Å². The van der Waals surface area contributed by atoms with Gasteiger partial charge in [-0.2, -0.15) is 0 Å². The summed E-state index contributed by atoms with van der Waals surface area (Å²) in [6, 6.07) is 5.83. The monoisotopic (exact) mass is 361 g/mol. The van der Waals surface area contributed by atoms with Gasteiger partial charge >= 0.3 is 0 Å². The highest BCUT2D eigenvalue weighted by Gasteiger charge is 2.18. The first-order valence-electron chi connectivity index (χ1n) is 8.92. The van der Waals surface area contributed by atoms with Crippen LogP contribution in [0.5, 0.6) is 5.75 Å². The van der Waals surface area contributed by atoms with Crippen LogP contribution in [0.1, 0.15) is 35.6 Å². The van der Waals surface area contributed by atoms with Crippen molar-refractivity contribution >= 4 is 5.91 Å². The third kappa shape index (κ3) is 5.05. The fourth-order valence-corrected chi connectivity index (χ4v) is 2.95. The van der Waals surface area contributed by atoms with E-state index in [1.165, 1.54) is 37.7 Å². The predicted octanol–water partition coefficient (Wildman–Crippen LogP) is 2.95. The van der Waals surface area contributed by atoms with E-state index < -0.39 is 0 Å². The molecular weight excluding hydrogens is 337 g/mol. The summed E-state index contributed by atoms with van der Waals surface area (Å²) in [4.78, 5) is 20.7. The van der Waals surface area contributed by atoms with Gasteiger partial charge < -0.3 is 19.0 Å². The molecule has 0 aliphatic carbocycles. The summed E-state index contributed by atoms with van der Waals surface area (Å²) in [5.41, 5.74) is 0.254. The number of aromatic nitrogens is 1. The predicted molar refractivity (Wildman–Crippen MR) is 94.5 cm³/mol. The first kappa shape index (κ1) is 18.4. The summed E-state index contributed by atoms with van der Waals surface area (Å²) < 4.78 is 23.8. The molecule has 1 aliphatic heterocycles. The van der Waals surface area contributed by atoms with Crippen molar-refractivity contribution in [2.75, 3.05) is 33.2 Å². The topological polar surface area (TPSA) is 58.8 Å². The Kier molecular flexibility index (Phi) is 6.22. The Morgan fingerprint density at radius 1 is 1.35 bits per heavy atom. The first-order valence-corrected chi connectivity index (χ1v) is 8.92.